The molecule has 10 heteroatoms. The lowest BCUT2D eigenvalue weighted by Gasteiger charge is -2.28. The number of carbonyl (C=O) groups is 3. The van der Waals surface area contributed by atoms with Crippen LogP contribution in [0.4, 0.5) is 29.3 Å². The predicted molar refractivity (Wildman–Crippen MR) is 98.3 cm³/mol. The summed E-state index contributed by atoms with van der Waals surface area (Å²) in [5.41, 5.74) is -0.893. The summed E-state index contributed by atoms with van der Waals surface area (Å²) in [6.45, 7) is 0. The molecule has 28 heavy (non-hydrogen) atoms. The average molecular weight is 454 g/mol. The number of nitrogens with zero attached hydrogens (tertiary/aromatic N) is 2. The molecule has 1 saturated heterocycles. The van der Waals surface area contributed by atoms with Gasteiger partial charge in [0.05, 0.1) is 16.9 Å². The summed E-state index contributed by atoms with van der Waals surface area (Å²) < 4.78 is 39.4. The number of nitrogens with one attached hydrogen (secondary N) is 1. The van der Waals surface area contributed by atoms with E-state index < -0.39 is 35.5 Å². The lowest BCUT2D eigenvalue weighted by atomic mass is 10.1. The first-order chi connectivity index (χ1) is 13.2. The molecule has 0 saturated carbocycles. The second-order valence-electron chi connectivity index (χ2n) is 5.72. The van der Waals surface area contributed by atoms with E-state index >= 15 is 0 Å². The summed E-state index contributed by atoms with van der Waals surface area (Å²) >= 11 is 3.27. The van der Waals surface area contributed by atoms with Crippen molar-refractivity contribution in [2.24, 2.45) is 10.9 Å². The Morgan fingerprint density at radius 3 is 2.46 bits per heavy atom. The van der Waals surface area contributed by atoms with Crippen LogP contribution >= 0.6 is 15.9 Å². The Labute approximate surface area is 165 Å². The van der Waals surface area contributed by atoms with Crippen LogP contribution in [0, 0.1) is 5.92 Å². The van der Waals surface area contributed by atoms with Gasteiger partial charge in [-0.2, -0.15) is 13.2 Å². The van der Waals surface area contributed by atoms with Gasteiger partial charge in [0, 0.05) is 10.7 Å². The zero-order valence-corrected chi connectivity index (χ0v) is 15.5. The van der Waals surface area contributed by atoms with Gasteiger partial charge in [0.15, 0.2) is 5.92 Å². The predicted octanol–water partition coefficient (Wildman–Crippen LogP) is 4.07. The first-order valence-electron chi connectivity index (χ1n) is 7.83. The number of hydrogen-bond donors (Lipinski definition) is 1. The van der Waals surface area contributed by atoms with Crippen LogP contribution in [0.2, 0.25) is 0 Å². The largest absolute Gasteiger partial charge is 0.416 e. The lowest BCUT2D eigenvalue weighted by Crippen LogP contribution is -2.58. The lowest BCUT2D eigenvalue weighted by molar-refractivity contribution is -0.138. The van der Waals surface area contributed by atoms with Crippen molar-refractivity contribution in [2.45, 2.75) is 6.18 Å². The molecular formula is C18H11BrF3N3O3. The number of urea groups is 1. The van der Waals surface area contributed by atoms with Crippen LogP contribution in [0.25, 0.3) is 0 Å². The Kier molecular flexibility index (Phi) is 5.32. The molecule has 1 aliphatic rings. The minimum absolute atomic E-state index is 0.302. The molecule has 1 fully saturated rings. The van der Waals surface area contributed by atoms with Crippen LogP contribution in [0.3, 0.4) is 0 Å². The normalized spacial score (nSPS) is 17.9. The van der Waals surface area contributed by atoms with Crippen LogP contribution in [0.5, 0.6) is 0 Å². The second kappa shape index (κ2) is 7.55. The number of amides is 4. The van der Waals surface area contributed by atoms with Gasteiger partial charge in [-0.25, -0.2) is 9.69 Å². The van der Waals surface area contributed by atoms with Gasteiger partial charge in [-0.3, -0.25) is 19.9 Å². The number of carbonyl (C=O) groups excluding carboxylic acids is 3. The van der Waals surface area contributed by atoms with Gasteiger partial charge in [-0.15, -0.1) is 0 Å². The Balaban J connectivity index is 1.94. The second-order valence-corrected chi connectivity index (χ2v) is 6.58. The fourth-order valence-corrected chi connectivity index (χ4v) is 2.89. The fraction of sp³-hybridized carbons (Fsp3) is 0.111. The van der Waals surface area contributed by atoms with Crippen LogP contribution in [0.1, 0.15) is 5.56 Å². The molecule has 0 aromatic heterocycles. The van der Waals surface area contributed by atoms with Crippen molar-refractivity contribution in [3.8, 4) is 0 Å². The van der Waals surface area contributed by atoms with Crippen molar-refractivity contribution in [1.82, 2.24) is 5.32 Å². The summed E-state index contributed by atoms with van der Waals surface area (Å²) in [6.07, 6.45) is -3.60. The molecule has 2 aromatic rings. The van der Waals surface area contributed by atoms with Gasteiger partial charge in [-0.1, -0.05) is 18.2 Å². The van der Waals surface area contributed by atoms with E-state index in [0.717, 1.165) is 18.3 Å². The van der Waals surface area contributed by atoms with Gasteiger partial charge < -0.3 is 0 Å². The number of imide groups is 2. The summed E-state index contributed by atoms with van der Waals surface area (Å²) in [4.78, 5) is 41.4. The highest BCUT2D eigenvalue weighted by Gasteiger charge is 2.41. The zero-order valence-electron chi connectivity index (χ0n) is 13.9. The monoisotopic (exact) mass is 453 g/mol. The van der Waals surface area contributed by atoms with Gasteiger partial charge in [-0.05, 0) is 46.3 Å². The molecular weight excluding hydrogens is 443 g/mol. The molecule has 3 rings (SSSR count). The maximum absolute atomic E-state index is 12.9. The maximum Gasteiger partial charge on any atom is 0.416 e. The zero-order chi connectivity index (χ0) is 20.5. The van der Waals surface area contributed by atoms with Gasteiger partial charge in [0.2, 0.25) is 5.91 Å². The van der Waals surface area contributed by atoms with Crippen LogP contribution in [-0.2, 0) is 15.8 Å². The van der Waals surface area contributed by atoms with E-state index in [1.54, 1.807) is 24.3 Å². The molecule has 0 aliphatic carbocycles. The Hall–Kier alpha value is -3.01. The van der Waals surface area contributed by atoms with E-state index in [0.29, 0.717) is 21.1 Å². The molecule has 1 aliphatic heterocycles. The molecule has 0 unspecified atom stereocenters. The van der Waals surface area contributed by atoms with E-state index in [1.165, 1.54) is 6.07 Å². The third-order valence-electron chi connectivity index (χ3n) is 3.85. The van der Waals surface area contributed by atoms with Crippen molar-refractivity contribution in [2.75, 3.05) is 4.90 Å². The minimum atomic E-state index is -4.65. The van der Waals surface area contributed by atoms with E-state index in [2.05, 4.69) is 20.9 Å². The van der Waals surface area contributed by atoms with Crippen molar-refractivity contribution in [1.29, 1.82) is 0 Å². The molecule has 6 nitrogen and oxygen atoms in total. The first kappa shape index (κ1) is 19.7. The standard InChI is InChI=1S/C18H11BrF3N3O3/c19-13-6-1-2-7-14(13)23-9-12-15(26)24-17(28)25(16(12)27)11-5-3-4-10(8-11)18(20,21)22/h1-9,12H,(H,24,26,28)/t12-/m0/s1. The summed E-state index contributed by atoms with van der Waals surface area (Å²) in [6, 6.07) is 9.36. The number of barbiturate groups is 1. The highest BCUT2D eigenvalue weighted by molar-refractivity contribution is 9.10. The third kappa shape index (κ3) is 3.96. The number of para-hydroxylation sites is 1. The molecule has 0 spiro atoms. The number of halogens is 4. The summed E-state index contributed by atoms with van der Waals surface area (Å²) in [7, 11) is 0. The highest BCUT2D eigenvalue weighted by Crippen LogP contribution is 2.32. The maximum atomic E-state index is 12.9. The number of benzene rings is 2. The van der Waals surface area contributed by atoms with Crippen molar-refractivity contribution in [3.63, 3.8) is 0 Å². The number of hydrogen-bond acceptors (Lipinski definition) is 4. The van der Waals surface area contributed by atoms with E-state index in [1.807, 2.05) is 5.32 Å². The average Bonchev–Trinajstić information content (AvgIpc) is 2.62. The Morgan fingerprint density at radius 1 is 1.07 bits per heavy atom. The minimum Gasteiger partial charge on any atom is -0.276 e. The molecule has 1 heterocycles. The van der Waals surface area contributed by atoms with Gasteiger partial charge >= 0.3 is 12.2 Å². The third-order valence-corrected chi connectivity index (χ3v) is 4.52. The number of aliphatic imine (C=N–C) groups is 1. The molecule has 1 N–H and O–H groups in total. The number of alkyl halides is 3. The summed E-state index contributed by atoms with van der Waals surface area (Å²) in [5.74, 6) is -3.38. The smallest absolute Gasteiger partial charge is 0.276 e. The Bertz CT molecular complexity index is 991. The summed E-state index contributed by atoms with van der Waals surface area (Å²) in [5, 5.41) is 1.96. The fourth-order valence-electron chi connectivity index (χ4n) is 2.50. The Morgan fingerprint density at radius 2 is 1.79 bits per heavy atom. The topological polar surface area (TPSA) is 78.8 Å². The van der Waals surface area contributed by atoms with Crippen molar-refractivity contribution >= 4 is 51.4 Å². The van der Waals surface area contributed by atoms with E-state index in [4.69, 9.17) is 0 Å². The van der Waals surface area contributed by atoms with Crippen LogP contribution in [0.15, 0.2) is 58.0 Å². The number of rotatable bonds is 3. The SMILES string of the molecule is O=C1NC(=O)N(c2cccc(C(F)(F)F)c2)C(=O)[C@H]1C=Nc1ccccc1Br. The van der Waals surface area contributed by atoms with Gasteiger partial charge in [0.25, 0.3) is 5.91 Å². The molecule has 144 valence electrons. The van der Waals surface area contributed by atoms with E-state index in [9.17, 15) is 27.6 Å². The van der Waals surface area contributed by atoms with Crippen LogP contribution < -0.4 is 10.2 Å². The van der Waals surface area contributed by atoms with Crippen LogP contribution in [-0.4, -0.2) is 24.1 Å². The molecule has 1 atom stereocenters. The van der Waals surface area contributed by atoms with E-state index in [-0.39, 0.29) is 5.69 Å². The van der Waals surface area contributed by atoms with Crippen molar-refractivity contribution in [3.05, 3.63) is 58.6 Å². The molecule has 4 amide bonds. The first-order valence-corrected chi connectivity index (χ1v) is 8.62. The molecule has 2 aromatic carbocycles. The van der Waals surface area contributed by atoms with Crippen molar-refractivity contribution < 1.29 is 27.6 Å². The quantitative estimate of drug-likeness (QED) is 0.561. The molecule has 0 bridgehead atoms. The highest BCUT2D eigenvalue weighted by atomic mass is 79.9. The van der Waals surface area contributed by atoms with Gasteiger partial charge in [0.1, 0.15) is 0 Å². The molecule has 0 radical (unpaired) electrons. The number of anilines is 1.